The van der Waals surface area contributed by atoms with Crippen LogP contribution in [0.25, 0.3) is 0 Å². The second kappa shape index (κ2) is 6.81. The number of hydrogen-bond acceptors (Lipinski definition) is 5. The Labute approximate surface area is 127 Å². The van der Waals surface area contributed by atoms with Gasteiger partial charge in [-0.05, 0) is 13.0 Å². The van der Waals surface area contributed by atoms with Crippen molar-refractivity contribution in [2.24, 2.45) is 0 Å². The number of benzene rings is 1. The predicted octanol–water partition coefficient (Wildman–Crippen LogP) is 1.16. The Hall–Kier alpha value is -2.74. The zero-order valence-electron chi connectivity index (χ0n) is 12.4. The number of aliphatic hydroxyl groups is 1. The zero-order chi connectivity index (χ0) is 16.1. The molecule has 0 saturated heterocycles. The summed E-state index contributed by atoms with van der Waals surface area (Å²) < 4.78 is 5.23. The molecule has 6 N–H and O–H groups in total. The van der Waals surface area contributed by atoms with Gasteiger partial charge in [0, 0.05) is 11.1 Å². The number of rotatable bonds is 5. The van der Waals surface area contributed by atoms with Gasteiger partial charge in [0.05, 0.1) is 19.8 Å². The number of aromatic amines is 1. The monoisotopic (exact) mass is 305 g/mol. The highest BCUT2D eigenvalue weighted by Crippen LogP contribution is 2.24. The Morgan fingerprint density at radius 3 is 2.82 bits per heavy atom. The van der Waals surface area contributed by atoms with Gasteiger partial charge in [0.1, 0.15) is 11.6 Å². The molecule has 0 aliphatic rings. The van der Waals surface area contributed by atoms with Gasteiger partial charge in [0.2, 0.25) is 0 Å². The van der Waals surface area contributed by atoms with Gasteiger partial charge in [-0.1, -0.05) is 18.2 Å². The summed E-state index contributed by atoms with van der Waals surface area (Å²) in [5.74, 6) is 1.31. The molecule has 1 aromatic heterocycles. The third kappa shape index (κ3) is 3.29. The molecule has 8 heteroatoms. The van der Waals surface area contributed by atoms with Gasteiger partial charge in [-0.15, -0.1) is 0 Å². The number of para-hydroxylation sites is 1. The normalized spacial score (nSPS) is 11.8. The van der Waals surface area contributed by atoms with Crippen molar-refractivity contribution in [1.82, 2.24) is 15.5 Å². The van der Waals surface area contributed by atoms with E-state index < -0.39 is 12.1 Å². The Morgan fingerprint density at radius 2 is 2.23 bits per heavy atom. The van der Waals surface area contributed by atoms with E-state index in [0.29, 0.717) is 28.5 Å². The fourth-order valence-corrected chi connectivity index (χ4v) is 2.01. The van der Waals surface area contributed by atoms with Crippen LogP contribution in [0.3, 0.4) is 0 Å². The number of aromatic nitrogens is 2. The van der Waals surface area contributed by atoms with Gasteiger partial charge in [-0.3, -0.25) is 10.4 Å². The molecule has 22 heavy (non-hydrogen) atoms. The van der Waals surface area contributed by atoms with Crippen molar-refractivity contribution in [2.45, 2.75) is 13.0 Å². The molecule has 2 rings (SSSR count). The van der Waals surface area contributed by atoms with Gasteiger partial charge >= 0.3 is 6.03 Å². The smallest absolute Gasteiger partial charge is 0.321 e. The largest absolute Gasteiger partial charge is 0.496 e. The molecule has 0 aliphatic heterocycles. The van der Waals surface area contributed by atoms with Crippen LogP contribution in [-0.4, -0.2) is 35.1 Å². The van der Waals surface area contributed by atoms with E-state index in [1.54, 1.807) is 25.1 Å². The van der Waals surface area contributed by atoms with Crippen LogP contribution in [-0.2, 0) is 0 Å². The first-order valence-electron chi connectivity index (χ1n) is 6.68. The number of nitrogens with two attached hydrogens (primary N) is 1. The van der Waals surface area contributed by atoms with Gasteiger partial charge in [-0.2, -0.15) is 5.10 Å². The molecule has 0 bridgehead atoms. The molecule has 8 nitrogen and oxygen atoms in total. The molecule has 0 spiro atoms. The zero-order valence-corrected chi connectivity index (χ0v) is 12.4. The van der Waals surface area contributed by atoms with E-state index in [9.17, 15) is 9.90 Å². The maximum absolute atomic E-state index is 12.0. The highest BCUT2D eigenvalue weighted by molar-refractivity contribution is 5.89. The molecule has 0 saturated carbocycles. The quantitative estimate of drug-likeness (QED) is 0.567. The maximum Gasteiger partial charge on any atom is 0.321 e. The SMILES string of the molecule is COc1ccccc1[C@@H](CO)NC(=O)Nc1n[nH]c(N)c1C. The lowest BCUT2D eigenvalue weighted by atomic mass is 10.1. The Bertz CT molecular complexity index is 656. The fourth-order valence-electron chi connectivity index (χ4n) is 2.01. The molecule has 118 valence electrons. The number of amides is 2. The van der Waals surface area contributed by atoms with Crippen molar-refractivity contribution >= 4 is 17.7 Å². The second-order valence-electron chi connectivity index (χ2n) is 4.69. The fraction of sp³-hybridized carbons (Fsp3) is 0.286. The summed E-state index contributed by atoms with van der Waals surface area (Å²) in [6.45, 7) is 1.47. The molecule has 0 fully saturated rings. The van der Waals surface area contributed by atoms with Gasteiger partial charge in [0.25, 0.3) is 0 Å². The number of nitrogens with one attached hydrogen (secondary N) is 3. The summed E-state index contributed by atoms with van der Waals surface area (Å²) in [6, 6.07) is 6.05. The van der Waals surface area contributed by atoms with Crippen LogP contribution in [0.2, 0.25) is 0 Å². The highest BCUT2D eigenvalue weighted by atomic mass is 16.5. The first-order valence-corrected chi connectivity index (χ1v) is 6.68. The van der Waals surface area contributed by atoms with Crippen LogP contribution in [0.15, 0.2) is 24.3 Å². The minimum atomic E-state index is -0.604. The van der Waals surface area contributed by atoms with E-state index in [0.717, 1.165) is 0 Å². The van der Waals surface area contributed by atoms with E-state index in [2.05, 4.69) is 20.8 Å². The molecule has 0 radical (unpaired) electrons. The summed E-state index contributed by atoms with van der Waals surface area (Å²) in [5.41, 5.74) is 6.95. The van der Waals surface area contributed by atoms with Crippen molar-refractivity contribution in [1.29, 1.82) is 0 Å². The van der Waals surface area contributed by atoms with Crippen LogP contribution in [0.4, 0.5) is 16.4 Å². The first kappa shape index (κ1) is 15.6. The lowest BCUT2D eigenvalue weighted by molar-refractivity contribution is 0.223. The third-order valence-electron chi connectivity index (χ3n) is 3.28. The van der Waals surface area contributed by atoms with Crippen LogP contribution in [0, 0.1) is 6.92 Å². The number of ether oxygens (including phenoxy) is 1. The van der Waals surface area contributed by atoms with E-state index in [-0.39, 0.29) is 6.61 Å². The summed E-state index contributed by atoms with van der Waals surface area (Å²) in [5, 5.41) is 21.2. The summed E-state index contributed by atoms with van der Waals surface area (Å²) in [4.78, 5) is 12.0. The van der Waals surface area contributed by atoms with Crippen molar-refractivity contribution in [3.63, 3.8) is 0 Å². The van der Waals surface area contributed by atoms with Crippen LogP contribution < -0.4 is 21.1 Å². The average Bonchev–Trinajstić information content (AvgIpc) is 2.84. The minimum Gasteiger partial charge on any atom is -0.496 e. The third-order valence-corrected chi connectivity index (χ3v) is 3.28. The number of H-pyrrole nitrogens is 1. The topological polar surface area (TPSA) is 125 Å². The van der Waals surface area contributed by atoms with E-state index in [1.807, 2.05) is 6.07 Å². The summed E-state index contributed by atoms with van der Waals surface area (Å²) >= 11 is 0. The predicted molar refractivity (Wildman–Crippen MR) is 82.7 cm³/mol. The van der Waals surface area contributed by atoms with Crippen molar-refractivity contribution in [3.8, 4) is 5.75 Å². The Morgan fingerprint density at radius 1 is 1.50 bits per heavy atom. The minimum absolute atomic E-state index is 0.268. The molecule has 2 aromatic rings. The van der Waals surface area contributed by atoms with Crippen LogP contribution in [0.5, 0.6) is 5.75 Å². The van der Waals surface area contributed by atoms with E-state index >= 15 is 0 Å². The van der Waals surface area contributed by atoms with Crippen LogP contribution >= 0.6 is 0 Å². The molecule has 0 aliphatic carbocycles. The number of carbonyl (C=O) groups is 1. The molecule has 2 amide bonds. The van der Waals surface area contributed by atoms with E-state index in [4.69, 9.17) is 10.5 Å². The number of urea groups is 1. The summed E-state index contributed by atoms with van der Waals surface area (Å²) in [6.07, 6.45) is 0. The molecular formula is C14H19N5O3. The number of nitrogens with zero attached hydrogens (tertiary/aromatic N) is 1. The number of methoxy groups -OCH3 is 1. The Balaban J connectivity index is 2.09. The van der Waals surface area contributed by atoms with Crippen molar-refractivity contribution < 1.29 is 14.6 Å². The number of nitrogen functional groups attached to an aromatic ring is 1. The Kier molecular flexibility index (Phi) is 4.84. The molecular weight excluding hydrogens is 286 g/mol. The maximum atomic E-state index is 12.0. The molecule has 1 atom stereocenters. The lowest BCUT2D eigenvalue weighted by Gasteiger charge is -2.19. The number of anilines is 2. The van der Waals surface area contributed by atoms with Gasteiger partial charge in [0.15, 0.2) is 5.82 Å². The van der Waals surface area contributed by atoms with Gasteiger partial charge < -0.3 is 20.9 Å². The molecule has 1 heterocycles. The second-order valence-corrected chi connectivity index (χ2v) is 4.69. The average molecular weight is 305 g/mol. The van der Waals surface area contributed by atoms with Crippen molar-refractivity contribution in [3.05, 3.63) is 35.4 Å². The number of hydrogen-bond donors (Lipinski definition) is 5. The highest BCUT2D eigenvalue weighted by Gasteiger charge is 2.18. The summed E-state index contributed by atoms with van der Waals surface area (Å²) in [7, 11) is 1.53. The number of carbonyl (C=O) groups excluding carboxylic acids is 1. The number of aliphatic hydroxyl groups excluding tert-OH is 1. The molecule has 1 aromatic carbocycles. The first-order chi connectivity index (χ1) is 10.6. The van der Waals surface area contributed by atoms with E-state index in [1.165, 1.54) is 7.11 Å². The van der Waals surface area contributed by atoms with Crippen LogP contribution in [0.1, 0.15) is 17.2 Å². The van der Waals surface area contributed by atoms with Crippen molar-refractivity contribution in [2.75, 3.05) is 24.8 Å². The lowest BCUT2D eigenvalue weighted by Crippen LogP contribution is -2.34. The van der Waals surface area contributed by atoms with Gasteiger partial charge in [-0.25, -0.2) is 4.79 Å². The standard InChI is InChI=1S/C14H19N5O3/c1-8-12(15)18-19-13(8)17-14(21)16-10(7-20)9-5-3-4-6-11(9)22-2/h3-6,10,20H,7H2,1-2H3,(H5,15,16,17,18,19,21)/t10-/m1/s1. The molecule has 0 unspecified atom stereocenters.